The van der Waals surface area contributed by atoms with Gasteiger partial charge < -0.3 is 10.2 Å². The Kier molecular flexibility index (Phi) is 5.53. The summed E-state index contributed by atoms with van der Waals surface area (Å²) >= 11 is 11.0. The van der Waals surface area contributed by atoms with Gasteiger partial charge in [-0.1, -0.05) is 33.6 Å². The lowest BCUT2D eigenvalue weighted by Gasteiger charge is -2.29. The molecule has 0 atom stereocenters. The van der Waals surface area contributed by atoms with Crippen LogP contribution in [0.4, 0.5) is 11.4 Å². The smallest absolute Gasteiger partial charge is 0.268 e. The number of amides is 2. The molecule has 0 aliphatic carbocycles. The molecule has 1 aliphatic heterocycles. The molecule has 4 rings (SSSR count). The number of halogens is 2. The second-order valence-electron chi connectivity index (χ2n) is 6.46. The molecule has 0 saturated carbocycles. The van der Waals surface area contributed by atoms with Gasteiger partial charge in [0.05, 0.1) is 15.5 Å². The van der Waals surface area contributed by atoms with E-state index in [1.807, 2.05) is 40.6 Å². The minimum absolute atomic E-state index is 0.0219. The molecule has 142 valence electrons. The summed E-state index contributed by atoms with van der Waals surface area (Å²) < 4.78 is 0.787. The van der Waals surface area contributed by atoms with Gasteiger partial charge in [-0.25, -0.2) is 0 Å². The number of carbonyl (C=O) groups excluding carboxylic acids is 2. The Balaban J connectivity index is 1.58. The van der Waals surface area contributed by atoms with Crippen molar-refractivity contribution >= 4 is 62.1 Å². The Morgan fingerprint density at radius 1 is 1.14 bits per heavy atom. The third-order valence-corrected chi connectivity index (χ3v) is 6.29. The number of nitrogens with one attached hydrogen (secondary N) is 1. The van der Waals surface area contributed by atoms with Crippen molar-refractivity contribution in [3.8, 4) is 0 Å². The molecule has 0 spiro atoms. The lowest BCUT2D eigenvalue weighted by molar-refractivity contribution is 0.0987. The molecule has 0 saturated heterocycles. The molecule has 4 nitrogen and oxygen atoms in total. The average Bonchev–Trinajstić information content (AvgIpc) is 3.23. The molecule has 1 aromatic heterocycles. The third kappa shape index (κ3) is 3.85. The van der Waals surface area contributed by atoms with Crippen LogP contribution in [0.25, 0.3) is 0 Å². The first-order valence-electron chi connectivity index (χ1n) is 8.77. The molecule has 28 heavy (non-hydrogen) atoms. The minimum Gasteiger partial charge on any atom is -0.322 e. The summed E-state index contributed by atoms with van der Waals surface area (Å²) in [4.78, 5) is 27.9. The van der Waals surface area contributed by atoms with Crippen molar-refractivity contribution in [1.82, 2.24) is 0 Å². The summed E-state index contributed by atoms with van der Waals surface area (Å²) in [6.07, 6.45) is 1.75. The number of rotatable bonds is 3. The van der Waals surface area contributed by atoms with E-state index in [-0.39, 0.29) is 11.8 Å². The summed E-state index contributed by atoms with van der Waals surface area (Å²) in [5.74, 6) is -0.248. The zero-order valence-electron chi connectivity index (χ0n) is 14.7. The van der Waals surface area contributed by atoms with Crippen LogP contribution in [-0.4, -0.2) is 18.4 Å². The van der Waals surface area contributed by atoms with Gasteiger partial charge in [0.25, 0.3) is 11.8 Å². The molecular formula is C21H16BrClN2O2S. The zero-order valence-corrected chi connectivity index (χ0v) is 17.9. The number of fused-ring (bicyclic) bond motifs is 1. The van der Waals surface area contributed by atoms with Gasteiger partial charge in [0, 0.05) is 22.4 Å². The van der Waals surface area contributed by atoms with Gasteiger partial charge in [0.15, 0.2) is 0 Å². The van der Waals surface area contributed by atoms with E-state index in [9.17, 15) is 9.59 Å². The van der Waals surface area contributed by atoms with Gasteiger partial charge in [-0.3, -0.25) is 9.59 Å². The Bertz CT molecular complexity index is 1050. The maximum absolute atomic E-state index is 12.8. The monoisotopic (exact) mass is 474 g/mol. The van der Waals surface area contributed by atoms with E-state index in [4.69, 9.17) is 11.6 Å². The van der Waals surface area contributed by atoms with Crippen molar-refractivity contribution in [3.05, 3.63) is 79.4 Å². The molecule has 2 aromatic carbocycles. The summed E-state index contributed by atoms with van der Waals surface area (Å²) in [6.45, 7) is 0.698. The second kappa shape index (κ2) is 8.07. The van der Waals surface area contributed by atoms with Crippen LogP contribution in [-0.2, 0) is 6.42 Å². The van der Waals surface area contributed by atoms with Gasteiger partial charge in [0.2, 0.25) is 0 Å². The number of hydrogen-bond donors (Lipinski definition) is 1. The maximum atomic E-state index is 12.8. The highest BCUT2D eigenvalue weighted by Crippen LogP contribution is 2.32. The molecule has 2 heterocycles. The fraction of sp³-hybridized carbons (Fsp3) is 0.143. The van der Waals surface area contributed by atoms with Crippen LogP contribution in [0.15, 0.2) is 58.4 Å². The Labute approximate surface area is 180 Å². The molecule has 3 aromatic rings. The first-order chi connectivity index (χ1) is 13.5. The fourth-order valence-electron chi connectivity index (χ4n) is 3.29. The largest absolute Gasteiger partial charge is 0.322 e. The second-order valence-corrected chi connectivity index (χ2v) is 8.73. The molecule has 7 heteroatoms. The number of aryl methyl sites for hydroxylation is 1. The van der Waals surface area contributed by atoms with Gasteiger partial charge in [-0.15, -0.1) is 11.3 Å². The normalized spacial score (nSPS) is 13.1. The molecule has 1 N–H and O–H groups in total. The number of benzene rings is 2. The fourth-order valence-corrected chi connectivity index (χ4v) is 4.53. The average molecular weight is 476 g/mol. The summed E-state index contributed by atoms with van der Waals surface area (Å²) in [5.41, 5.74) is 3.05. The quantitative estimate of drug-likeness (QED) is 0.504. The van der Waals surface area contributed by atoms with Crippen molar-refractivity contribution < 1.29 is 9.59 Å². The first-order valence-corrected chi connectivity index (χ1v) is 10.8. The van der Waals surface area contributed by atoms with Crippen molar-refractivity contribution in [2.24, 2.45) is 0 Å². The Morgan fingerprint density at radius 3 is 2.79 bits per heavy atom. The lowest BCUT2D eigenvalue weighted by atomic mass is 10.0. The predicted molar refractivity (Wildman–Crippen MR) is 118 cm³/mol. The van der Waals surface area contributed by atoms with Crippen LogP contribution < -0.4 is 10.2 Å². The standard InChI is InChI=1S/C21H16BrClN2O2S/c22-14-5-7-17(23)16(12-14)20(26)24-15-6-8-18-13(11-15)3-1-9-25(18)21(27)19-4-2-10-28-19/h2,4-8,10-12H,1,3,9H2,(H,24,26). The van der Waals surface area contributed by atoms with Crippen molar-refractivity contribution in [1.29, 1.82) is 0 Å². The highest BCUT2D eigenvalue weighted by atomic mass is 79.9. The van der Waals surface area contributed by atoms with Crippen LogP contribution in [0.2, 0.25) is 5.02 Å². The lowest BCUT2D eigenvalue weighted by Crippen LogP contribution is -2.35. The van der Waals surface area contributed by atoms with Crippen LogP contribution in [0, 0.1) is 0 Å². The minimum atomic E-state index is -0.270. The molecular weight excluding hydrogens is 460 g/mol. The molecule has 0 fully saturated rings. The van der Waals surface area contributed by atoms with Crippen molar-refractivity contribution in [2.45, 2.75) is 12.8 Å². The number of hydrogen-bond acceptors (Lipinski definition) is 3. The molecule has 0 unspecified atom stereocenters. The Morgan fingerprint density at radius 2 is 2.00 bits per heavy atom. The third-order valence-electron chi connectivity index (χ3n) is 4.61. The van der Waals surface area contributed by atoms with E-state index in [1.165, 1.54) is 11.3 Å². The van der Waals surface area contributed by atoms with E-state index in [2.05, 4.69) is 21.2 Å². The van der Waals surface area contributed by atoms with Crippen LogP contribution in [0.5, 0.6) is 0 Å². The first kappa shape index (κ1) is 19.2. The predicted octanol–water partition coefficient (Wildman–Crippen LogP) is 6.01. The Hall–Kier alpha value is -2.15. The number of thiophene rings is 1. The number of nitrogens with zero attached hydrogens (tertiary/aromatic N) is 1. The van der Waals surface area contributed by atoms with Crippen LogP contribution in [0.1, 0.15) is 32.0 Å². The number of anilines is 2. The van der Waals surface area contributed by atoms with Crippen molar-refractivity contribution in [3.63, 3.8) is 0 Å². The molecule has 2 amide bonds. The van der Waals surface area contributed by atoms with E-state index in [1.54, 1.807) is 18.2 Å². The van der Waals surface area contributed by atoms with Crippen molar-refractivity contribution in [2.75, 3.05) is 16.8 Å². The van der Waals surface area contributed by atoms with E-state index >= 15 is 0 Å². The van der Waals surface area contributed by atoms with Gasteiger partial charge in [0.1, 0.15) is 0 Å². The molecule has 0 bridgehead atoms. The van der Waals surface area contributed by atoms with E-state index in [0.717, 1.165) is 33.4 Å². The molecule has 0 radical (unpaired) electrons. The van der Waals surface area contributed by atoms with E-state index < -0.39 is 0 Å². The van der Waals surface area contributed by atoms with Crippen LogP contribution in [0.3, 0.4) is 0 Å². The number of carbonyl (C=O) groups is 2. The summed E-state index contributed by atoms with van der Waals surface area (Å²) in [5, 5.41) is 5.20. The topological polar surface area (TPSA) is 49.4 Å². The maximum Gasteiger partial charge on any atom is 0.268 e. The van der Waals surface area contributed by atoms with Gasteiger partial charge >= 0.3 is 0 Å². The highest BCUT2D eigenvalue weighted by Gasteiger charge is 2.24. The summed E-state index contributed by atoms with van der Waals surface area (Å²) in [6, 6.07) is 14.6. The van der Waals surface area contributed by atoms with E-state index in [0.29, 0.717) is 22.8 Å². The highest BCUT2D eigenvalue weighted by molar-refractivity contribution is 9.10. The van der Waals surface area contributed by atoms with Gasteiger partial charge in [-0.05, 0) is 66.2 Å². The summed E-state index contributed by atoms with van der Waals surface area (Å²) in [7, 11) is 0. The zero-order chi connectivity index (χ0) is 19.7. The van der Waals surface area contributed by atoms with Gasteiger partial charge in [-0.2, -0.15) is 0 Å². The van der Waals surface area contributed by atoms with Crippen LogP contribution >= 0.6 is 38.9 Å². The SMILES string of the molecule is O=C(Nc1ccc2c(c1)CCCN2C(=O)c1cccs1)c1cc(Br)ccc1Cl. The molecule has 1 aliphatic rings.